The molecule has 2 amide bonds. The lowest BCUT2D eigenvalue weighted by molar-refractivity contribution is -0.122. The maximum Gasteiger partial charge on any atom is 0.244 e. The van der Waals surface area contributed by atoms with Crippen molar-refractivity contribution in [1.29, 1.82) is 0 Å². The number of nitrogens with one attached hydrogen (secondary N) is 2. The fourth-order valence-corrected chi connectivity index (χ4v) is 2.58. The number of nitrogens with zero attached hydrogens (tertiary/aromatic N) is 1. The second-order valence-corrected chi connectivity index (χ2v) is 5.26. The summed E-state index contributed by atoms with van der Waals surface area (Å²) in [5, 5.41) is 6.78. The molecule has 0 saturated heterocycles. The van der Waals surface area contributed by atoms with Crippen molar-refractivity contribution in [3.8, 4) is 10.6 Å². The van der Waals surface area contributed by atoms with Gasteiger partial charge in [-0.25, -0.2) is 4.98 Å². The first-order valence-corrected chi connectivity index (χ1v) is 6.95. The lowest BCUT2D eigenvalue weighted by Gasteiger charge is -2.03. The van der Waals surface area contributed by atoms with E-state index in [4.69, 9.17) is 0 Å². The molecular formula is C14H15N3O2S. The average molecular weight is 289 g/mol. The molecule has 0 aliphatic carbocycles. The largest absolute Gasteiger partial charge is 0.347 e. The van der Waals surface area contributed by atoms with Gasteiger partial charge in [-0.15, -0.1) is 0 Å². The summed E-state index contributed by atoms with van der Waals surface area (Å²) in [7, 11) is 0. The number of anilines is 1. The summed E-state index contributed by atoms with van der Waals surface area (Å²) >= 11 is 1.42. The molecule has 0 aliphatic rings. The number of aryl methyl sites for hydroxylation is 1. The van der Waals surface area contributed by atoms with Crippen LogP contribution in [0.2, 0.25) is 0 Å². The van der Waals surface area contributed by atoms with Gasteiger partial charge in [0.05, 0.1) is 12.2 Å². The molecule has 0 radical (unpaired) electrons. The van der Waals surface area contributed by atoms with Crippen molar-refractivity contribution in [2.24, 2.45) is 0 Å². The SMILES string of the molecule is CC(=O)NCC(=O)Nc1sc(-c2ccccc2)nc1C. The lowest BCUT2D eigenvalue weighted by Crippen LogP contribution is -2.31. The standard InChI is InChI=1S/C14H15N3O2S/c1-9-13(17-12(19)8-15-10(2)18)20-14(16-9)11-6-4-3-5-7-11/h3-7H,8H2,1-2H3,(H,15,18)(H,17,19). The molecule has 0 unspecified atom stereocenters. The van der Waals surface area contributed by atoms with E-state index >= 15 is 0 Å². The highest BCUT2D eigenvalue weighted by molar-refractivity contribution is 7.19. The molecule has 1 heterocycles. The number of carbonyl (C=O) groups excluding carboxylic acids is 2. The van der Waals surface area contributed by atoms with Crippen molar-refractivity contribution in [2.45, 2.75) is 13.8 Å². The van der Waals surface area contributed by atoms with Crippen molar-refractivity contribution < 1.29 is 9.59 Å². The molecule has 0 saturated carbocycles. The molecule has 6 heteroatoms. The van der Waals surface area contributed by atoms with Crippen LogP contribution in [0.3, 0.4) is 0 Å². The summed E-state index contributed by atoms with van der Waals surface area (Å²) in [5.41, 5.74) is 1.79. The van der Waals surface area contributed by atoms with E-state index in [1.54, 1.807) is 0 Å². The first-order chi connectivity index (χ1) is 9.56. The summed E-state index contributed by atoms with van der Waals surface area (Å²) in [6.07, 6.45) is 0. The van der Waals surface area contributed by atoms with Gasteiger partial charge in [-0.1, -0.05) is 41.7 Å². The third-order valence-corrected chi connectivity index (χ3v) is 3.69. The van der Waals surface area contributed by atoms with Crippen LogP contribution < -0.4 is 10.6 Å². The van der Waals surface area contributed by atoms with Crippen LogP contribution in [0.4, 0.5) is 5.00 Å². The fourth-order valence-electron chi connectivity index (χ4n) is 1.59. The second kappa shape index (κ2) is 6.29. The van der Waals surface area contributed by atoms with Gasteiger partial charge in [-0.2, -0.15) is 0 Å². The molecule has 2 aromatic rings. The molecule has 0 fully saturated rings. The number of hydrogen-bond acceptors (Lipinski definition) is 4. The van der Waals surface area contributed by atoms with Gasteiger partial charge in [0, 0.05) is 12.5 Å². The van der Waals surface area contributed by atoms with Crippen molar-refractivity contribution in [1.82, 2.24) is 10.3 Å². The summed E-state index contributed by atoms with van der Waals surface area (Å²) in [6, 6.07) is 9.78. The van der Waals surface area contributed by atoms with Crippen LogP contribution in [0.5, 0.6) is 0 Å². The smallest absolute Gasteiger partial charge is 0.244 e. The predicted molar refractivity (Wildman–Crippen MR) is 79.6 cm³/mol. The van der Waals surface area contributed by atoms with Crippen molar-refractivity contribution in [3.63, 3.8) is 0 Å². The molecule has 20 heavy (non-hydrogen) atoms. The first kappa shape index (κ1) is 14.2. The van der Waals surface area contributed by atoms with E-state index < -0.39 is 0 Å². The Morgan fingerprint density at radius 1 is 1.25 bits per heavy atom. The van der Waals surface area contributed by atoms with Gasteiger partial charge >= 0.3 is 0 Å². The molecule has 1 aromatic carbocycles. The highest BCUT2D eigenvalue weighted by atomic mass is 32.1. The normalized spacial score (nSPS) is 10.1. The van der Waals surface area contributed by atoms with Gasteiger partial charge in [-0.05, 0) is 6.92 Å². The first-order valence-electron chi connectivity index (χ1n) is 6.13. The Bertz CT molecular complexity index is 623. The van der Waals surface area contributed by atoms with Gasteiger partial charge in [0.15, 0.2) is 0 Å². The zero-order valence-electron chi connectivity index (χ0n) is 11.3. The summed E-state index contributed by atoms with van der Waals surface area (Å²) in [5.74, 6) is -0.488. The number of aromatic nitrogens is 1. The quantitative estimate of drug-likeness (QED) is 0.906. The van der Waals surface area contributed by atoms with Gasteiger partial charge in [-0.3, -0.25) is 9.59 Å². The molecule has 2 rings (SSSR count). The van der Waals surface area contributed by atoms with Gasteiger partial charge in [0.2, 0.25) is 11.8 Å². The zero-order valence-corrected chi connectivity index (χ0v) is 12.1. The van der Waals surface area contributed by atoms with Gasteiger partial charge < -0.3 is 10.6 Å². The molecule has 2 N–H and O–H groups in total. The number of rotatable bonds is 4. The average Bonchev–Trinajstić information content (AvgIpc) is 2.79. The van der Waals surface area contributed by atoms with Crippen LogP contribution in [0.15, 0.2) is 30.3 Å². The third kappa shape index (κ3) is 3.64. The van der Waals surface area contributed by atoms with Crippen molar-refractivity contribution >= 4 is 28.2 Å². The maximum atomic E-state index is 11.7. The van der Waals surface area contributed by atoms with Crippen LogP contribution in [0, 0.1) is 6.92 Å². The molecular weight excluding hydrogens is 274 g/mol. The monoisotopic (exact) mass is 289 g/mol. The minimum atomic E-state index is -0.258. The Morgan fingerprint density at radius 2 is 1.95 bits per heavy atom. The Kier molecular flexibility index (Phi) is 4.47. The number of benzene rings is 1. The molecule has 0 aliphatic heterocycles. The topological polar surface area (TPSA) is 71.1 Å². The van der Waals surface area contributed by atoms with E-state index in [1.807, 2.05) is 37.3 Å². The Balaban J connectivity index is 2.08. The van der Waals surface area contributed by atoms with E-state index in [2.05, 4.69) is 15.6 Å². The number of thiazole rings is 1. The third-order valence-electron chi connectivity index (χ3n) is 2.57. The molecule has 0 spiro atoms. The molecule has 104 valence electrons. The molecule has 1 aromatic heterocycles. The molecule has 5 nitrogen and oxygen atoms in total. The van der Waals surface area contributed by atoms with Crippen LogP contribution >= 0.6 is 11.3 Å². The van der Waals surface area contributed by atoms with E-state index in [-0.39, 0.29) is 18.4 Å². The Hall–Kier alpha value is -2.21. The highest BCUT2D eigenvalue weighted by Crippen LogP contribution is 2.31. The van der Waals surface area contributed by atoms with Crippen molar-refractivity contribution in [2.75, 3.05) is 11.9 Å². The predicted octanol–water partition coefficient (Wildman–Crippen LogP) is 2.19. The number of amides is 2. The van der Waals surface area contributed by atoms with Crippen LogP contribution in [0.1, 0.15) is 12.6 Å². The summed E-state index contributed by atoms with van der Waals surface area (Å²) in [4.78, 5) is 26.9. The fraction of sp³-hybridized carbons (Fsp3) is 0.214. The maximum absolute atomic E-state index is 11.7. The van der Waals surface area contributed by atoms with Crippen LogP contribution in [0.25, 0.3) is 10.6 Å². The second-order valence-electron chi connectivity index (χ2n) is 4.26. The zero-order chi connectivity index (χ0) is 14.5. The van der Waals surface area contributed by atoms with Gasteiger partial charge in [0.25, 0.3) is 0 Å². The lowest BCUT2D eigenvalue weighted by atomic mass is 10.2. The number of hydrogen-bond donors (Lipinski definition) is 2. The van der Waals surface area contributed by atoms with Gasteiger partial charge in [0.1, 0.15) is 10.0 Å². The highest BCUT2D eigenvalue weighted by Gasteiger charge is 2.12. The van der Waals surface area contributed by atoms with E-state index in [0.29, 0.717) is 5.00 Å². The minimum Gasteiger partial charge on any atom is -0.347 e. The molecule has 0 atom stereocenters. The summed E-state index contributed by atoms with van der Waals surface area (Å²) < 4.78 is 0. The van der Waals surface area contributed by atoms with Crippen LogP contribution in [-0.2, 0) is 9.59 Å². The minimum absolute atomic E-state index is 0.0344. The number of carbonyl (C=O) groups is 2. The Labute approximate surface area is 121 Å². The molecule has 0 bridgehead atoms. The van der Waals surface area contributed by atoms with E-state index in [0.717, 1.165) is 16.3 Å². The van der Waals surface area contributed by atoms with Crippen molar-refractivity contribution in [3.05, 3.63) is 36.0 Å². The van der Waals surface area contributed by atoms with Crippen LogP contribution in [-0.4, -0.2) is 23.3 Å². The summed E-state index contributed by atoms with van der Waals surface area (Å²) in [6.45, 7) is 3.18. The Morgan fingerprint density at radius 3 is 2.60 bits per heavy atom. The van der Waals surface area contributed by atoms with E-state index in [1.165, 1.54) is 18.3 Å². The van der Waals surface area contributed by atoms with E-state index in [9.17, 15) is 9.59 Å².